The van der Waals surface area contributed by atoms with Crippen LogP contribution in [0.15, 0.2) is 72.0 Å². The lowest BCUT2D eigenvalue weighted by Gasteiger charge is -2.26. The molecule has 1 aromatic heterocycles. The van der Waals surface area contributed by atoms with Gasteiger partial charge in [-0.3, -0.25) is 9.10 Å². The van der Waals surface area contributed by atoms with E-state index in [9.17, 15) is 13.2 Å². The SMILES string of the molecule is CCCCN(c1ccc(Cl)cc1C(=O)c1ccncn1)S(=O)(=O)c1ccccc1. The number of carbonyl (C=O) groups excluding carboxylic acids is 1. The molecule has 0 aliphatic carbocycles. The summed E-state index contributed by atoms with van der Waals surface area (Å²) in [7, 11) is -3.87. The van der Waals surface area contributed by atoms with E-state index in [0.29, 0.717) is 11.4 Å². The minimum absolute atomic E-state index is 0.159. The van der Waals surface area contributed by atoms with Gasteiger partial charge in [0.2, 0.25) is 5.78 Å². The van der Waals surface area contributed by atoms with Crippen LogP contribution in [0.3, 0.4) is 0 Å². The van der Waals surface area contributed by atoms with Gasteiger partial charge in [-0.15, -0.1) is 0 Å². The van der Waals surface area contributed by atoms with Crippen LogP contribution in [0.25, 0.3) is 0 Å². The molecule has 6 nitrogen and oxygen atoms in total. The van der Waals surface area contributed by atoms with Gasteiger partial charge in [-0.1, -0.05) is 43.1 Å². The Morgan fingerprint density at radius 3 is 2.52 bits per heavy atom. The van der Waals surface area contributed by atoms with Gasteiger partial charge in [0.15, 0.2) is 0 Å². The quantitative estimate of drug-likeness (QED) is 0.497. The molecule has 0 unspecified atom stereocenters. The van der Waals surface area contributed by atoms with E-state index in [4.69, 9.17) is 11.6 Å². The number of ketones is 1. The Labute approximate surface area is 175 Å². The van der Waals surface area contributed by atoms with Gasteiger partial charge in [0.1, 0.15) is 12.0 Å². The van der Waals surface area contributed by atoms with Gasteiger partial charge < -0.3 is 0 Å². The molecule has 0 bridgehead atoms. The second-order valence-corrected chi connectivity index (χ2v) is 8.63. The van der Waals surface area contributed by atoms with Crippen LogP contribution in [-0.4, -0.2) is 30.7 Å². The fraction of sp³-hybridized carbons (Fsp3) is 0.190. The van der Waals surface area contributed by atoms with Crippen LogP contribution in [0.5, 0.6) is 0 Å². The zero-order chi connectivity index (χ0) is 20.9. The molecule has 29 heavy (non-hydrogen) atoms. The highest BCUT2D eigenvalue weighted by Crippen LogP contribution is 2.31. The third-order valence-corrected chi connectivity index (χ3v) is 6.40. The van der Waals surface area contributed by atoms with Crippen LogP contribution in [-0.2, 0) is 10.0 Å². The van der Waals surface area contributed by atoms with Gasteiger partial charge in [0.25, 0.3) is 10.0 Å². The van der Waals surface area contributed by atoms with Crippen molar-refractivity contribution < 1.29 is 13.2 Å². The number of halogens is 1. The number of rotatable bonds is 8. The maximum Gasteiger partial charge on any atom is 0.264 e. The molecule has 0 N–H and O–H groups in total. The molecule has 0 radical (unpaired) electrons. The van der Waals surface area contributed by atoms with Gasteiger partial charge in [-0.2, -0.15) is 0 Å². The molecule has 0 spiro atoms. The Balaban J connectivity index is 2.15. The number of benzene rings is 2. The Morgan fingerprint density at radius 2 is 1.86 bits per heavy atom. The van der Waals surface area contributed by atoms with E-state index in [-0.39, 0.29) is 28.4 Å². The lowest BCUT2D eigenvalue weighted by Crippen LogP contribution is -2.33. The van der Waals surface area contributed by atoms with Crippen LogP contribution in [0, 0.1) is 0 Å². The largest absolute Gasteiger partial charge is 0.287 e. The standard InChI is InChI=1S/C21H20ClN3O3S/c1-2-3-13-25(29(27,28)17-7-5-4-6-8-17)20-10-9-16(22)14-18(20)21(26)19-11-12-23-15-24-19/h4-12,14-15H,2-3,13H2,1H3. The second-order valence-electron chi connectivity index (χ2n) is 6.33. The van der Waals surface area contributed by atoms with Gasteiger partial charge in [-0.05, 0) is 42.8 Å². The first-order valence-electron chi connectivity index (χ1n) is 9.13. The molecule has 0 aliphatic rings. The van der Waals surface area contributed by atoms with Gasteiger partial charge in [-0.25, -0.2) is 18.4 Å². The molecular formula is C21H20ClN3O3S. The molecule has 0 aliphatic heterocycles. The summed E-state index contributed by atoms with van der Waals surface area (Å²) < 4.78 is 28.1. The predicted molar refractivity (Wildman–Crippen MR) is 113 cm³/mol. The Kier molecular flexibility index (Phi) is 6.61. The van der Waals surface area contributed by atoms with Crippen molar-refractivity contribution in [1.82, 2.24) is 9.97 Å². The van der Waals surface area contributed by atoms with Crippen molar-refractivity contribution >= 4 is 33.1 Å². The van der Waals surface area contributed by atoms with Crippen LogP contribution in [0.4, 0.5) is 5.69 Å². The zero-order valence-corrected chi connectivity index (χ0v) is 17.4. The maximum absolute atomic E-state index is 13.4. The van der Waals surface area contributed by atoms with Crippen LogP contribution in [0.2, 0.25) is 5.02 Å². The minimum atomic E-state index is -3.87. The monoisotopic (exact) mass is 429 g/mol. The minimum Gasteiger partial charge on any atom is -0.287 e. The molecule has 3 aromatic rings. The summed E-state index contributed by atoms with van der Waals surface area (Å²) in [5.74, 6) is -0.422. The summed E-state index contributed by atoms with van der Waals surface area (Å²) >= 11 is 6.14. The first-order valence-corrected chi connectivity index (χ1v) is 10.9. The van der Waals surface area contributed by atoms with Crippen molar-refractivity contribution in [3.63, 3.8) is 0 Å². The summed E-state index contributed by atoms with van der Waals surface area (Å²) in [5.41, 5.74) is 0.609. The fourth-order valence-electron chi connectivity index (χ4n) is 2.86. The van der Waals surface area contributed by atoms with Crippen LogP contribution in [0.1, 0.15) is 35.8 Å². The molecule has 0 saturated carbocycles. The lowest BCUT2D eigenvalue weighted by atomic mass is 10.1. The number of unbranched alkanes of at least 4 members (excludes halogenated alkanes) is 1. The van der Waals surface area contributed by atoms with Gasteiger partial charge in [0.05, 0.1) is 16.1 Å². The summed E-state index contributed by atoms with van der Waals surface area (Å²) in [6, 6.07) is 14.3. The number of aromatic nitrogens is 2. The van der Waals surface area contributed by atoms with Crippen molar-refractivity contribution in [3.05, 3.63) is 83.4 Å². The molecule has 0 fully saturated rings. The van der Waals surface area contributed by atoms with Gasteiger partial charge in [0, 0.05) is 17.8 Å². The van der Waals surface area contributed by atoms with E-state index in [1.54, 1.807) is 30.3 Å². The highest BCUT2D eigenvalue weighted by atomic mass is 35.5. The zero-order valence-electron chi connectivity index (χ0n) is 15.8. The number of anilines is 1. The maximum atomic E-state index is 13.4. The van der Waals surface area contributed by atoms with Crippen molar-refractivity contribution in [2.45, 2.75) is 24.7 Å². The third kappa shape index (κ3) is 4.63. The smallest absolute Gasteiger partial charge is 0.264 e. The molecule has 8 heteroatoms. The van der Waals surface area contributed by atoms with E-state index >= 15 is 0 Å². The van der Waals surface area contributed by atoms with E-state index in [0.717, 1.165) is 6.42 Å². The normalized spacial score (nSPS) is 11.2. The van der Waals surface area contributed by atoms with Crippen LogP contribution < -0.4 is 4.31 Å². The van der Waals surface area contributed by atoms with E-state index in [1.165, 1.54) is 41.1 Å². The highest BCUT2D eigenvalue weighted by Gasteiger charge is 2.28. The fourth-order valence-corrected chi connectivity index (χ4v) is 4.58. The van der Waals surface area contributed by atoms with Crippen molar-refractivity contribution in [2.75, 3.05) is 10.8 Å². The summed E-state index contributed by atoms with van der Waals surface area (Å²) in [4.78, 5) is 21.1. The van der Waals surface area contributed by atoms with Crippen LogP contribution >= 0.6 is 11.6 Å². The number of carbonyl (C=O) groups is 1. The molecule has 0 atom stereocenters. The molecule has 3 rings (SSSR count). The van der Waals surface area contributed by atoms with E-state index in [2.05, 4.69) is 9.97 Å². The molecule has 0 amide bonds. The van der Waals surface area contributed by atoms with Crippen molar-refractivity contribution in [2.24, 2.45) is 0 Å². The lowest BCUT2D eigenvalue weighted by molar-refractivity contribution is 0.103. The van der Waals surface area contributed by atoms with E-state index in [1.807, 2.05) is 6.92 Å². The number of hydrogen-bond acceptors (Lipinski definition) is 5. The second kappa shape index (κ2) is 9.15. The summed E-state index contributed by atoms with van der Waals surface area (Å²) in [6.07, 6.45) is 4.16. The van der Waals surface area contributed by atoms with Crippen molar-refractivity contribution in [1.29, 1.82) is 0 Å². The molecule has 150 valence electrons. The Morgan fingerprint density at radius 1 is 1.10 bits per heavy atom. The Hall–Kier alpha value is -2.77. The third-order valence-electron chi connectivity index (χ3n) is 4.33. The summed E-state index contributed by atoms with van der Waals surface area (Å²) in [5, 5.41) is 0.332. The number of sulfonamides is 1. The molecule has 2 aromatic carbocycles. The molecular weight excluding hydrogens is 410 g/mol. The average Bonchev–Trinajstić information content (AvgIpc) is 2.75. The highest BCUT2D eigenvalue weighted by molar-refractivity contribution is 7.92. The first kappa shape index (κ1) is 21.0. The molecule has 0 saturated heterocycles. The predicted octanol–water partition coefficient (Wildman–Crippen LogP) is 4.36. The Bertz CT molecular complexity index is 1090. The van der Waals surface area contributed by atoms with Crippen molar-refractivity contribution in [3.8, 4) is 0 Å². The van der Waals surface area contributed by atoms with Gasteiger partial charge >= 0.3 is 0 Å². The number of nitrogens with zero attached hydrogens (tertiary/aromatic N) is 3. The molecule has 1 heterocycles. The number of hydrogen-bond donors (Lipinski definition) is 0. The average molecular weight is 430 g/mol. The van der Waals surface area contributed by atoms with E-state index < -0.39 is 15.8 Å². The topological polar surface area (TPSA) is 80.2 Å². The summed E-state index contributed by atoms with van der Waals surface area (Å²) in [6.45, 7) is 2.21. The first-order chi connectivity index (χ1) is 13.9.